The lowest BCUT2D eigenvalue weighted by Gasteiger charge is -2.47. The predicted molar refractivity (Wildman–Crippen MR) is 126 cm³/mol. The first-order chi connectivity index (χ1) is 17.1. The van der Waals surface area contributed by atoms with Crippen molar-refractivity contribution in [1.29, 1.82) is 5.26 Å². The fraction of sp³-hybridized carbons (Fsp3) is 0.400. The van der Waals surface area contributed by atoms with E-state index >= 15 is 0 Å². The molecule has 3 aliphatic rings. The molecule has 35 heavy (non-hydrogen) atoms. The third kappa shape index (κ3) is 3.50. The molecule has 3 fully saturated rings. The molecule has 4 aromatic rings. The number of nitrogens with zero attached hydrogens (tertiary/aromatic N) is 5. The number of aromatic nitrogens is 5. The van der Waals surface area contributed by atoms with Crippen LogP contribution in [0.25, 0.3) is 27.9 Å². The number of rotatable bonds is 5. The monoisotopic (exact) mass is 473 g/mol. The number of ether oxygens (including phenoxy) is 1. The van der Waals surface area contributed by atoms with E-state index < -0.39 is 5.82 Å². The summed E-state index contributed by atoms with van der Waals surface area (Å²) < 4.78 is 21.0. The van der Waals surface area contributed by atoms with E-state index in [1.807, 2.05) is 6.92 Å². The number of fused-ring (bicyclic) bond motifs is 5. The van der Waals surface area contributed by atoms with E-state index in [0.29, 0.717) is 52.0 Å². The Morgan fingerprint density at radius 2 is 2.11 bits per heavy atom. The van der Waals surface area contributed by atoms with Crippen molar-refractivity contribution >= 4 is 28.3 Å². The number of carbonyl (C=O) groups excluding carboxylic acids is 1. The normalized spacial score (nSPS) is 23.5. The van der Waals surface area contributed by atoms with Crippen LogP contribution in [0.3, 0.4) is 0 Å². The maximum Gasteiger partial charge on any atom is 0.311 e. The number of halogens is 1. The van der Waals surface area contributed by atoms with Gasteiger partial charge in [-0.1, -0.05) is 0 Å². The summed E-state index contributed by atoms with van der Waals surface area (Å²) in [6.07, 6.45) is 6.96. The number of anilines is 1. The molecular weight excluding hydrogens is 449 g/mol. The van der Waals surface area contributed by atoms with Crippen molar-refractivity contribution < 1.29 is 13.9 Å². The highest BCUT2D eigenvalue weighted by Crippen LogP contribution is 2.47. The number of esters is 1. The summed E-state index contributed by atoms with van der Waals surface area (Å²) in [4.78, 5) is 24.9. The molecule has 0 aromatic carbocycles. The van der Waals surface area contributed by atoms with Crippen LogP contribution in [0.1, 0.15) is 38.3 Å². The summed E-state index contributed by atoms with van der Waals surface area (Å²) >= 11 is 0. The van der Waals surface area contributed by atoms with Gasteiger partial charge in [0.15, 0.2) is 11.6 Å². The number of nitrogens with one attached hydrogen (secondary N) is 2. The Bertz CT molecular complexity index is 1480. The molecule has 0 aliphatic heterocycles. The fourth-order valence-corrected chi connectivity index (χ4v) is 5.86. The minimum atomic E-state index is -0.466. The molecule has 4 heterocycles. The van der Waals surface area contributed by atoms with Crippen LogP contribution in [0, 0.1) is 34.9 Å². The predicted octanol–water partition coefficient (Wildman–Crippen LogP) is 4.06. The van der Waals surface area contributed by atoms with Gasteiger partial charge in [0.05, 0.1) is 18.7 Å². The van der Waals surface area contributed by atoms with Crippen molar-refractivity contribution in [1.82, 2.24) is 24.6 Å². The zero-order valence-electron chi connectivity index (χ0n) is 19.2. The number of nitriles is 1. The Morgan fingerprint density at radius 3 is 2.89 bits per heavy atom. The molecule has 178 valence electrons. The molecule has 3 aliphatic carbocycles. The first kappa shape index (κ1) is 21.5. The Morgan fingerprint density at radius 1 is 1.31 bits per heavy atom. The van der Waals surface area contributed by atoms with Crippen LogP contribution < -0.4 is 5.32 Å². The fourth-order valence-electron chi connectivity index (χ4n) is 5.86. The van der Waals surface area contributed by atoms with Crippen molar-refractivity contribution in [3.8, 4) is 17.5 Å². The first-order valence-electron chi connectivity index (χ1n) is 11.9. The van der Waals surface area contributed by atoms with Crippen molar-refractivity contribution in [2.45, 2.75) is 38.6 Å². The molecule has 3 saturated carbocycles. The Hall–Kier alpha value is -4.00. The Labute approximate surface area is 200 Å². The van der Waals surface area contributed by atoms with Crippen molar-refractivity contribution in [3.05, 3.63) is 42.1 Å². The molecule has 2 N–H and O–H groups in total. The quantitative estimate of drug-likeness (QED) is 0.419. The molecule has 0 amide bonds. The van der Waals surface area contributed by atoms with E-state index in [2.05, 4.69) is 26.5 Å². The number of hydrogen-bond acceptors (Lipinski definition) is 7. The molecular formula is C25H24FN7O2. The van der Waals surface area contributed by atoms with E-state index in [-0.39, 0.29) is 23.8 Å². The maximum absolute atomic E-state index is 14.0. The molecule has 0 saturated heterocycles. The van der Waals surface area contributed by atoms with Gasteiger partial charge in [0, 0.05) is 23.2 Å². The maximum atomic E-state index is 14.0. The lowest BCUT2D eigenvalue weighted by Crippen LogP contribution is -2.52. The number of H-pyrrole nitrogens is 1. The van der Waals surface area contributed by atoms with Gasteiger partial charge in [0.25, 0.3) is 0 Å². The summed E-state index contributed by atoms with van der Waals surface area (Å²) in [5.74, 6) is 0.561. The van der Waals surface area contributed by atoms with Gasteiger partial charge < -0.3 is 15.0 Å². The number of aromatic amines is 1. The van der Waals surface area contributed by atoms with Crippen LogP contribution in [0.15, 0.2) is 30.6 Å². The van der Waals surface area contributed by atoms with Gasteiger partial charge in [0.2, 0.25) is 0 Å². The Kier molecular flexibility index (Phi) is 5.13. The van der Waals surface area contributed by atoms with E-state index in [0.717, 1.165) is 31.9 Å². The standard InChI is InChI=1S/C25H24FN7O2/c1-2-35-25(34)20-13-3-5-14(6-4-13)21(20)30-24-19-8-7-16(10-27)33(19)32-23(31-24)18-12-29-22-17(18)9-15(26)11-28-22/h7-9,11-14,20-21H,2-6H2,1H3,(H,28,29)(H,30,31,32)/t13?,14?,20-,21-/m0/s1. The summed E-state index contributed by atoms with van der Waals surface area (Å²) in [5.41, 5.74) is 2.07. The van der Waals surface area contributed by atoms with Gasteiger partial charge in [-0.25, -0.2) is 18.9 Å². The molecule has 7 rings (SSSR count). The smallest absolute Gasteiger partial charge is 0.311 e. The first-order valence-corrected chi connectivity index (χ1v) is 11.9. The van der Waals surface area contributed by atoms with E-state index in [1.54, 1.807) is 18.3 Å². The second kappa shape index (κ2) is 8.34. The SMILES string of the molecule is CCOC(=O)[C@H]1C2CCC(CC2)[C@@H]1Nc1nc(-c2c[nH]c3ncc(F)cc23)nn2c(C#N)ccc12. The van der Waals surface area contributed by atoms with Crippen LogP contribution in [-0.2, 0) is 9.53 Å². The van der Waals surface area contributed by atoms with Crippen molar-refractivity contribution in [3.63, 3.8) is 0 Å². The molecule has 4 aromatic heterocycles. The van der Waals surface area contributed by atoms with Gasteiger partial charge in [-0.2, -0.15) is 5.26 Å². The summed E-state index contributed by atoms with van der Waals surface area (Å²) in [7, 11) is 0. The van der Waals surface area contributed by atoms with E-state index in [1.165, 1.54) is 10.6 Å². The van der Waals surface area contributed by atoms with Crippen LogP contribution >= 0.6 is 0 Å². The third-order valence-corrected chi connectivity index (χ3v) is 7.44. The summed E-state index contributed by atoms with van der Waals surface area (Å²) in [5, 5.41) is 18.3. The van der Waals surface area contributed by atoms with Gasteiger partial charge in [0.1, 0.15) is 28.7 Å². The van der Waals surface area contributed by atoms with Crippen LogP contribution in [-0.4, -0.2) is 43.2 Å². The minimum Gasteiger partial charge on any atom is -0.466 e. The Balaban J connectivity index is 1.47. The van der Waals surface area contributed by atoms with Gasteiger partial charge >= 0.3 is 5.97 Å². The average molecular weight is 474 g/mol. The van der Waals surface area contributed by atoms with Crippen LogP contribution in [0.4, 0.5) is 10.2 Å². The lowest BCUT2D eigenvalue weighted by atomic mass is 9.61. The van der Waals surface area contributed by atoms with Gasteiger partial charge in [-0.05, 0) is 62.6 Å². The van der Waals surface area contributed by atoms with Crippen molar-refractivity contribution in [2.75, 3.05) is 11.9 Å². The minimum absolute atomic E-state index is 0.129. The number of hydrogen-bond donors (Lipinski definition) is 2. The average Bonchev–Trinajstić information content (AvgIpc) is 3.48. The zero-order valence-corrected chi connectivity index (χ0v) is 19.2. The molecule has 2 atom stereocenters. The van der Waals surface area contributed by atoms with Gasteiger partial charge in [-0.15, -0.1) is 5.10 Å². The highest BCUT2D eigenvalue weighted by Gasteiger charge is 2.48. The second-order valence-corrected chi connectivity index (χ2v) is 9.29. The molecule has 0 unspecified atom stereocenters. The molecule has 9 nitrogen and oxygen atoms in total. The van der Waals surface area contributed by atoms with Crippen LogP contribution in [0.2, 0.25) is 0 Å². The molecule has 0 radical (unpaired) electrons. The van der Waals surface area contributed by atoms with E-state index in [4.69, 9.17) is 9.72 Å². The highest BCUT2D eigenvalue weighted by atomic mass is 19.1. The topological polar surface area (TPSA) is 121 Å². The summed E-state index contributed by atoms with van der Waals surface area (Å²) in [6.45, 7) is 2.17. The third-order valence-electron chi connectivity index (χ3n) is 7.44. The zero-order chi connectivity index (χ0) is 24.1. The molecule has 0 spiro atoms. The molecule has 10 heteroatoms. The summed E-state index contributed by atoms with van der Waals surface area (Å²) in [6, 6.07) is 6.89. The van der Waals surface area contributed by atoms with Gasteiger partial charge in [-0.3, -0.25) is 4.79 Å². The molecule has 2 bridgehead atoms. The number of pyridine rings is 1. The second-order valence-electron chi connectivity index (χ2n) is 9.29. The van der Waals surface area contributed by atoms with Crippen LogP contribution in [0.5, 0.6) is 0 Å². The van der Waals surface area contributed by atoms with Crippen molar-refractivity contribution in [2.24, 2.45) is 17.8 Å². The lowest BCUT2D eigenvalue weighted by molar-refractivity contribution is -0.154. The number of carbonyl (C=O) groups is 1. The van der Waals surface area contributed by atoms with E-state index in [9.17, 15) is 14.4 Å². The highest BCUT2D eigenvalue weighted by molar-refractivity contribution is 5.92. The largest absolute Gasteiger partial charge is 0.466 e.